The Hall–Kier alpha value is -1.96. The van der Waals surface area contributed by atoms with Gasteiger partial charge in [0.25, 0.3) is 0 Å². The second kappa shape index (κ2) is 8.42. The largest absolute Gasteiger partial charge is 0.497 e. The molecule has 1 aliphatic rings. The zero-order valence-electron chi connectivity index (χ0n) is 14.4. The molecule has 0 aliphatic carbocycles. The summed E-state index contributed by atoms with van der Waals surface area (Å²) in [6, 6.07) is 7.00. The minimum Gasteiger partial charge on any atom is -0.497 e. The molecule has 1 unspecified atom stereocenters. The molecular formula is C18H24FN3O3. The second-order valence-corrected chi connectivity index (χ2v) is 6.32. The average Bonchev–Trinajstić information content (AvgIpc) is 3.12. The first kappa shape index (κ1) is 17.8. The molecule has 2 aromatic rings. The predicted molar refractivity (Wildman–Crippen MR) is 90.6 cm³/mol. The predicted octanol–water partition coefficient (Wildman–Crippen LogP) is 1.89. The quantitative estimate of drug-likeness (QED) is 0.824. The smallest absolute Gasteiger partial charge is 0.131 e. The van der Waals surface area contributed by atoms with Crippen molar-refractivity contribution in [1.29, 1.82) is 0 Å². The Morgan fingerprint density at radius 2 is 2.20 bits per heavy atom. The van der Waals surface area contributed by atoms with Gasteiger partial charge in [0.2, 0.25) is 0 Å². The van der Waals surface area contributed by atoms with Gasteiger partial charge in [-0.3, -0.25) is 9.80 Å². The summed E-state index contributed by atoms with van der Waals surface area (Å²) >= 11 is 0. The van der Waals surface area contributed by atoms with Crippen LogP contribution in [-0.4, -0.2) is 59.5 Å². The Balaban J connectivity index is 1.64. The van der Waals surface area contributed by atoms with Crippen LogP contribution in [0.25, 0.3) is 0 Å². The van der Waals surface area contributed by atoms with Crippen molar-refractivity contribution in [3.05, 3.63) is 47.6 Å². The number of aromatic nitrogens is 1. The molecule has 2 heterocycles. The number of hydrogen-bond donors (Lipinski definition) is 1. The molecule has 136 valence electrons. The van der Waals surface area contributed by atoms with Gasteiger partial charge in [-0.15, -0.1) is 0 Å². The van der Waals surface area contributed by atoms with Gasteiger partial charge in [-0.2, -0.15) is 0 Å². The molecule has 0 spiro atoms. The number of benzene rings is 1. The van der Waals surface area contributed by atoms with Crippen LogP contribution in [0, 0.1) is 5.82 Å². The second-order valence-electron chi connectivity index (χ2n) is 6.32. The molecule has 1 N–H and O–H groups in total. The molecule has 0 radical (unpaired) electrons. The first-order valence-electron chi connectivity index (χ1n) is 8.48. The Bertz CT molecular complexity index is 666. The van der Waals surface area contributed by atoms with Crippen molar-refractivity contribution in [2.75, 3.05) is 33.4 Å². The molecule has 1 atom stereocenters. The van der Waals surface area contributed by atoms with Crippen LogP contribution >= 0.6 is 0 Å². The standard InChI is InChI=1S/C18H24FN3O3/c1-24-17-3-2-14(18(19)10-17)11-22-7-6-21(13-16(22)4-8-23)12-15-5-9-25-20-15/h2-3,5,9-10,16,23H,4,6-8,11-13H2,1H3. The lowest BCUT2D eigenvalue weighted by Crippen LogP contribution is -2.52. The maximum atomic E-state index is 14.2. The van der Waals surface area contributed by atoms with Crippen LogP contribution in [0.5, 0.6) is 5.75 Å². The summed E-state index contributed by atoms with van der Waals surface area (Å²) in [5.74, 6) is 0.262. The highest BCUT2D eigenvalue weighted by atomic mass is 19.1. The van der Waals surface area contributed by atoms with Crippen molar-refractivity contribution in [3.8, 4) is 5.75 Å². The topological polar surface area (TPSA) is 62.0 Å². The number of aliphatic hydroxyl groups excluding tert-OH is 1. The van der Waals surface area contributed by atoms with Gasteiger partial charge in [0.15, 0.2) is 0 Å². The number of piperazine rings is 1. The number of aliphatic hydroxyl groups is 1. The average molecular weight is 349 g/mol. The monoisotopic (exact) mass is 349 g/mol. The van der Waals surface area contributed by atoms with Crippen LogP contribution < -0.4 is 4.74 Å². The maximum absolute atomic E-state index is 14.2. The Kier molecular flexibility index (Phi) is 6.01. The lowest BCUT2D eigenvalue weighted by atomic mass is 10.1. The van der Waals surface area contributed by atoms with Crippen LogP contribution in [-0.2, 0) is 13.1 Å². The summed E-state index contributed by atoms with van der Waals surface area (Å²) in [6.07, 6.45) is 2.23. The molecule has 1 saturated heterocycles. The van der Waals surface area contributed by atoms with Crippen LogP contribution in [0.4, 0.5) is 4.39 Å². The number of rotatable bonds is 7. The van der Waals surface area contributed by atoms with Gasteiger partial charge in [-0.25, -0.2) is 4.39 Å². The van der Waals surface area contributed by atoms with Gasteiger partial charge in [0.05, 0.1) is 12.8 Å². The van der Waals surface area contributed by atoms with Gasteiger partial charge in [0, 0.05) is 63.1 Å². The summed E-state index contributed by atoms with van der Waals surface area (Å²) in [4.78, 5) is 4.53. The molecule has 1 fully saturated rings. The van der Waals surface area contributed by atoms with E-state index in [1.165, 1.54) is 13.2 Å². The Morgan fingerprint density at radius 3 is 2.88 bits per heavy atom. The van der Waals surface area contributed by atoms with Gasteiger partial charge >= 0.3 is 0 Å². The molecule has 1 aliphatic heterocycles. The molecular weight excluding hydrogens is 325 g/mol. The van der Waals surface area contributed by atoms with Crippen molar-refractivity contribution in [2.24, 2.45) is 0 Å². The van der Waals surface area contributed by atoms with E-state index in [0.717, 1.165) is 31.9 Å². The lowest BCUT2D eigenvalue weighted by Gasteiger charge is -2.41. The van der Waals surface area contributed by atoms with Gasteiger partial charge in [-0.05, 0) is 12.5 Å². The van der Waals surface area contributed by atoms with E-state index in [1.54, 1.807) is 18.4 Å². The highest BCUT2D eigenvalue weighted by Gasteiger charge is 2.27. The zero-order valence-corrected chi connectivity index (χ0v) is 14.4. The van der Waals surface area contributed by atoms with Crippen molar-refractivity contribution < 1.29 is 18.8 Å². The zero-order chi connectivity index (χ0) is 17.6. The highest BCUT2D eigenvalue weighted by molar-refractivity contribution is 5.29. The molecule has 1 aromatic heterocycles. The fraction of sp³-hybridized carbons (Fsp3) is 0.500. The summed E-state index contributed by atoms with van der Waals surface area (Å²) in [5.41, 5.74) is 1.55. The first-order valence-corrected chi connectivity index (χ1v) is 8.48. The van der Waals surface area contributed by atoms with Crippen LogP contribution in [0.1, 0.15) is 17.7 Å². The third kappa shape index (κ3) is 4.56. The fourth-order valence-corrected chi connectivity index (χ4v) is 3.28. The van der Waals surface area contributed by atoms with E-state index in [-0.39, 0.29) is 18.5 Å². The summed E-state index contributed by atoms with van der Waals surface area (Å²) in [6.45, 7) is 3.86. The number of hydrogen-bond acceptors (Lipinski definition) is 6. The normalized spacial score (nSPS) is 19.2. The number of halogens is 1. The van der Waals surface area contributed by atoms with Crippen molar-refractivity contribution in [1.82, 2.24) is 15.0 Å². The van der Waals surface area contributed by atoms with E-state index < -0.39 is 0 Å². The number of nitrogens with zero attached hydrogens (tertiary/aromatic N) is 3. The van der Waals surface area contributed by atoms with E-state index >= 15 is 0 Å². The summed E-state index contributed by atoms with van der Waals surface area (Å²) in [7, 11) is 1.53. The highest BCUT2D eigenvalue weighted by Crippen LogP contribution is 2.22. The lowest BCUT2D eigenvalue weighted by molar-refractivity contribution is 0.0482. The van der Waals surface area contributed by atoms with Gasteiger partial charge in [-0.1, -0.05) is 11.2 Å². The molecule has 3 rings (SSSR count). The van der Waals surface area contributed by atoms with E-state index in [9.17, 15) is 9.50 Å². The van der Waals surface area contributed by atoms with E-state index in [2.05, 4.69) is 15.0 Å². The summed E-state index contributed by atoms with van der Waals surface area (Å²) < 4.78 is 24.2. The minimum atomic E-state index is -0.257. The van der Waals surface area contributed by atoms with Crippen LogP contribution in [0.15, 0.2) is 35.1 Å². The first-order chi connectivity index (χ1) is 12.2. The fourth-order valence-electron chi connectivity index (χ4n) is 3.28. The third-order valence-corrected chi connectivity index (χ3v) is 4.66. The molecule has 0 amide bonds. The maximum Gasteiger partial charge on any atom is 0.131 e. The van der Waals surface area contributed by atoms with Crippen LogP contribution in [0.3, 0.4) is 0 Å². The third-order valence-electron chi connectivity index (χ3n) is 4.66. The minimum absolute atomic E-state index is 0.115. The number of ether oxygens (including phenoxy) is 1. The molecule has 6 nitrogen and oxygen atoms in total. The Labute approximate surface area is 146 Å². The molecule has 0 bridgehead atoms. The Morgan fingerprint density at radius 1 is 1.32 bits per heavy atom. The van der Waals surface area contributed by atoms with Crippen molar-refractivity contribution in [2.45, 2.75) is 25.6 Å². The van der Waals surface area contributed by atoms with Gasteiger partial charge in [0.1, 0.15) is 17.8 Å². The molecule has 25 heavy (non-hydrogen) atoms. The van der Waals surface area contributed by atoms with E-state index in [4.69, 9.17) is 9.26 Å². The van der Waals surface area contributed by atoms with Crippen LogP contribution in [0.2, 0.25) is 0 Å². The van der Waals surface area contributed by atoms with Crippen molar-refractivity contribution >= 4 is 0 Å². The number of methoxy groups -OCH3 is 1. The SMILES string of the molecule is COc1ccc(CN2CCN(Cc3ccon3)CC2CCO)c(F)c1. The van der Waals surface area contributed by atoms with Gasteiger partial charge < -0.3 is 14.4 Å². The molecule has 0 saturated carbocycles. The molecule has 1 aromatic carbocycles. The van der Waals surface area contributed by atoms with E-state index in [0.29, 0.717) is 24.3 Å². The molecule has 7 heteroatoms. The van der Waals surface area contributed by atoms with E-state index in [1.807, 2.05) is 6.07 Å². The summed E-state index contributed by atoms with van der Waals surface area (Å²) in [5, 5.41) is 13.4. The van der Waals surface area contributed by atoms with Crippen molar-refractivity contribution in [3.63, 3.8) is 0 Å².